The summed E-state index contributed by atoms with van der Waals surface area (Å²) in [5.41, 5.74) is 0.380. The van der Waals surface area contributed by atoms with Crippen LogP contribution in [-0.4, -0.2) is 29.7 Å². The number of aliphatic hydroxyl groups is 1. The van der Waals surface area contributed by atoms with E-state index in [0.29, 0.717) is 18.8 Å². The molecular formula is C11H11N3O3. The molecule has 6 heteroatoms. The van der Waals surface area contributed by atoms with Crippen molar-refractivity contribution >= 4 is 11.4 Å². The molecular weight excluding hydrogens is 222 g/mol. The summed E-state index contributed by atoms with van der Waals surface area (Å²) >= 11 is 0. The number of rotatable bonds is 3. The summed E-state index contributed by atoms with van der Waals surface area (Å²) in [4.78, 5) is 12.3. The van der Waals surface area contributed by atoms with Gasteiger partial charge in [0, 0.05) is 25.6 Å². The lowest BCUT2D eigenvalue weighted by atomic mass is 9.99. The Balaban J connectivity index is 2.35. The predicted molar refractivity (Wildman–Crippen MR) is 60.6 cm³/mol. The van der Waals surface area contributed by atoms with E-state index in [1.807, 2.05) is 6.07 Å². The van der Waals surface area contributed by atoms with Gasteiger partial charge in [-0.1, -0.05) is 6.07 Å². The molecule has 1 N–H and O–H groups in total. The van der Waals surface area contributed by atoms with Crippen molar-refractivity contribution in [1.29, 1.82) is 5.26 Å². The molecule has 0 bridgehead atoms. The first kappa shape index (κ1) is 11.4. The lowest BCUT2D eigenvalue weighted by molar-refractivity contribution is -0.384. The van der Waals surface area contributed by atoms with Gasteiger partial charge in [-0.2, -0.15) is 5.26 Å². The molecule has 0 aliphatic carbocycles. The number of nitro benzene ring substituents is 1. The maximum Gasteiger partial charge on any atom is 0.310 e. The molecule has 1 saturated heterocycles. The first-order valence-electron chi connectivity index (χ1n) is 5.20. The van der Waals surface area contributed by atoms with Crippen LogP contribution in [0.1, 0.15) is 5.56 Å². The van der Waals surface area contributed by atoms with Crippen molar-refractivity contribution in [2.75, 3.05) is 24.6 Å². The van der Waals surface area contributed by atoms with Crippen molar-refractivity contribution in [3.8, 4) is 6.07 Å². The summed E-state index contributed by atoms with van der Waals surface area (Å²) in [6.07, 6.45) is 0. The molecule has 1 aliphatic rings. The maximum atomic E-state index is 11.0. The number of anilines is 1. The third kappa shape index (κ3) is 1.92. The van der Waals surface area contributed by atoms with Crippen molar-refractivity contribution in [3.05, 3.63) is 33.9 Å². The molecule has 1 heterocycles. The van der Waals surface area contributed by atoms with Gasteiger partial charge in [-0.05, 0) is 12.1 Å². The zero-order chi connectivity index (χ0) is 12.4. The number of benzene rings is 1. The molecule has 0 amide bonds. The predicted octanol–water partition coefficient (Wildman–Crippen LogP) is 0.895. The summed E-state index contributed by atoms with van der Waals surface area (Å²) in [6.45, 7) is 1.26. The van der Waals surface area contributed by atoms with E-state index < -0.39 is 4.92 Å². The fourth-order valence-corrected chi connectivity index (χ4v) is 1.95. The number of aliphatic hydroxyl groups excluding tert-OH is 1. The average Bonchev–Trinajstić information content (AvgIpc) is 2.27. The lowest BCUT2D eigenvalue weighted by Crippen LogP contribution is -2.48. The molecule has 0 saturated carbocycles. The zero-order valence-electron chi connectivity index (χ0n) is 9.04. The van der Waals surface area contributed by atoms with Gasteiger partial charge in [0.2, 0.25) is 0 Å². The average molecular weight is 233 g/mol. The largest absolute Gasteiger partial charge is 0.396 e. The Morgan fingerprint density at radius 1 is 1.59 bits per heavy atom. The summed E-state index contributed by atoms with van der Waals surface area (Å²) in [6, 6.07) is 6.53. The highest BCUT2D eigenvalue weighted by atomic mass is 16.6. The molecule has 0 spiro atoms. The van der Waals surface area contributed by atoms with Crippen LogP contribution in [0.5, 0.6) is 0 Å². The van der Waals surface area contributed by atoms with Crippen LogP contribution in [0.2, 0.25) is 0 Å². The van der Waals surface area contributed by atoms with Gasteiger partial charge < -0.3 is 10.0 Å². The van der Waals surface area contributed by atoms with Gasteiger partial charge in [0.1, 0.15) is 17.3 Å². The smallest absolute Gasteiger partial charge is 0.310 e. The summed E-state index contributed by atoms with van der Waals surface area (Å²) in [5.74, 6) is 0.167. The van der Waals surface area contributed by atoms with Gasteiger partial charge in [-0.25, -0.2) is 0 Å². The van der Waals surface area contributed by atoms with E-state index in [0.717, 1.165) is 0 Å². The molecule has 1 aromatic carbocycles. The highest BCUT2D eigenvalue weighted by molar-refractivity contribution is 5.70. The fourth-order valence-electron chi connectivity index (χ4n) is 1.95. The molecule has 0 unspecified atom stereocenters. The van der Waals surface area contributed by atoms with Gasteiger partial charge in [-0.3, -0.25) is 10.1 Å². The molecule has 0 radical (unpaired) electrons. The van der Waals surface area contributed by atoms with Crippen molar-refractivity contribution in [3.63, 3.8) is 0 Å². The Kier molecular flexibility index (Phi) is 2.93. The molecule has 1 fully saturated rings. The van der Waals surface area contributed by atoms with E-state index in [1.165, 1.54) is 6.07 Å². The highest BCUT2D eigenvalue weighted by Crippen LogP contribution is 2.35. The third-order valence-electron chi connectivity index (χ3n) is 2.87. The topological polar surface area (TPSA) is 90.4 Å². The molecule has 2 rings (SSSR count). The van der Waals surface area contributed by atoms with Gasteiger partial charge >= 0.3 is 5.69 Å². The van der Waals surface area contributed by atoms with Crippen LogP contribution in [0, 0.1) is 27.4 Å². The molecule has 88 valence electrons. The normalized spacial score (nSPS) is 15.2. The zero-order valence-corrected chi connectivity index (χ0v) is 9.04. The van der Waals surface area contributed by atoms with E-state index >= 15 is 0 Å². The Bertz CT molecular complexity index is 489. The molecule has 17 heavy (non-hydrogen) atoms. The molecule has 0 aromatic heterocycles. The lowest BCUT2D eigenvalue weighted by Gasteiger charge is -2.39. The Labute approximate surface area is 97.8 Å². The molecule has 1 aromatic rings. The summed E-state index contributed by atoms with van der Waals surface area (Å²) in [5, 5.41) is 28.7. The van der Waals surface area contributed by atoms with Crippen LogP contribution in [-0.2, 0) is 0 Å². The maximum absolute atomic E-state index is 11.0. The van der Waals surface area contributed by atoms with Crippen molar-refractivity contribution < 1.29 is 10.0 Å². The minimum atomic E-state index is -0.528. The van der Waals surface area contributed by atoms with Crippen LogP contribution in [0.4, 0.5) is 11.4 Å². The van der Waals surface area contributed by atoms with Crippen LogP contribution >= 0.6 is 0 Å². The second-order valence-corrected chi connectivity index (χ2v) is 4.00. The Hall–Kier alpha value is -2.13. The van der Waals surface area contributed by atoms with Gasteiger partial charge in [0.15, 0.2) is 0 Å². The van der Waals surface area contributed by atoms with Crippen molar-refractivity contribution in [2.24, 2.45) is 5.92 Å². The van der Waals surface area contributed by atoms with Crippen molar-refractivity contribution in [1.82, 2.24) is 0 Å². The van der Waals surface area contributed by atoms with Crippen LogP contribution in [0.25, 0.3) is 0 Å². The second-order valence-electron chi connectivity index (χ2n) is 4.00. The quantitative estimate of drug-likeness (QED) is 0.618. The van der Waals surface area contributed by atoms with Gasteiger partial charge in [-0.15, -0.1) is 0 Å². The Morgan fingerprint density at radius 2 is 2.29 bits per heavy atom. The van der Waals surface area contributed by atoms with Crippen molar-refractivity contribution in [2.45, 2.75) is 0 Å². The number of hydrogen-bond donors (Lipinski definition) is 1. The van der Waals surface area contributed by atoms with E-state index in [9.17, 15) is 10.1 Å². The third-order valence-corrected chi connectivity index (χ3v) is 2.87. The van der Waals surface area contributed by atoms with Crippen LogP contribution in [0.15, 0.2) is 18.2 Å². The minimum Gasteiger partial charge on any atom is -0.396 e. The van der Waals surface area contributed by atoms with E-state index in [-0.39, 0.29) is 23.8 Å². The number of hydrogen-bond acceptors (Lipinski definition) is 5. The number of nitrogens with zero attached hydrogens (tertiary/aromatic N) is 3. The SMILES string of the molecule is N#Cc1cccc(N2CC(CO)C2)c1[N+](=O)[O-]. The standard InChI is InChI=1S/C11H11N3O3/c12-4-9-2-1-3-10(11(9)14(16)17)13-5-8(6-13)7-15/h1-3,8,15H,5-7H2. The number of nitro groups is 1. The molecule has 0 atom stereocenters. The number of para-hydroxylation sites is 1. The minimum absolute atomic E-state index is 0.0694. The van der Waals surface area contributed by atoms with E-state index in [4.69, 9.17) is 10.4 Å². The van der Waals surface area contributed by atoms with Crippen LogP contribution in [0.3, 0.4) is 0 Å². The molecule has 1 aliphatic heterocycles. The molecule has 6 nitrogen and oxygen atoms in total. The summed E-state index contributed by atoms with van der Waals surface area (Å²) in [7, 11) is 0. The number of nitriles is 1. The fraction of sp³-hybridized carbons (Fsp3) is 0.364. The van der Waals surface area contributed by atoms with E-state index in [1.54, 1.807) is 17.0 Å². The van der Waals surface area contributed by atoms with Gasteiger partial charge in [0.25, 0.3) is 0 Å². The first-order chi connectivity index (χ1) is 8.17. The summed E-state index contributed by atoms with van der Waals surface area (Å²) < 4.78 is 0. The van der Waals surface area contributed by atoms with Gasteiger partial charge in [0.05, 0.1) is 4.92 Å². The van der Waals surface area contributed by atoms with E-state index in [2.05, 4.69) is 0 Å². The monoisotopic (exact) mass is 233 g/mol. The highest BCUT2D eigenvalue weighted by Gasteiger charge is 2.32. The first-order valence-corrected chi connectivity index (χ1v) is 5.20. The Morgan fingerprint density at radius 3 is 2.82 bits per heavy atom. The second kappa shape index (κ2) is 4.39. The van der Waals surface area contributed by atoms with Crippen LogP contribution < -0.4 is 4.90 Å².